The number of hydrogen-bond donors (Lipinski definition) is 2. The van der Waals surface area contributed by atoms with E-state index in [1.165, 1.54) is 0 Å². The molecule has 2 aliphatic heterocycles. The molecule has 5 rings (SSSR count). The Labute approximate surface area is 302 Å². The summed E-state index contributed by atoms with van der Waals surface area (Å²) in [6.07, 6.45) is 4.09. The molecule has 0 saturated heterocycles. The quantitative estimate of drug-likeness (QED) is 0.0776. The van der Waals surface area contributed by atoms with Gasteiger partial charge in [0.05, 0.1) is 49.2 Å². The third-order valence-corrected chi connectivity index (χ3v) is 8.94. The van der Waals surface area contributed by atoms with Gasteiger partial charge in [-0.25, -0.2) is 9.97 Å². The fourth-order valence-corrected chi connectivity index (χ4v) is 6.94. The molecule has 0 unspecified atom stereocenters. The van der Waals surface area contributed by atoms with Gasteiger partial charge >= 0.3 is 23.9 Å². The molecule has 2 N–H and O–H groups in total. The molecule has 8 bridgehead atoms. The molecule has 0 aliphatic carbocycles. The fraction of sp³-hybridized carbons (Fsp3) is 0.400. The van der Waals surface area contributed by atoms with E-state index >= 15 is 0 Å². The van der Waals surface area contributed by atoms with Crippen LogP contribution < -0.4 is 0 Å². The van der Waals surface area contributed by atoms with E-state index in [1.807, 2.05) is 56.3 Å². The molecule has 12 nitrogen and oxygen atoms in total. The summed E-state index contributed by atoms with van der Waals surface area (Å²) in [5.41, 5.74) is 0.141. The maximum absolute atomic E-state index is 14.5. The van der Waals surface area contributed by atoms with Gasteiger partial charge in [0.15, 0.2) is 10.8 Å². The molecule has 5 heterocycles. The third kappa shape index (κ3) is 7.02. The molecular formula is C40H46N4O8. The summed E-state index contributed by atoms with van der Waals surface area (Å²) in [5.74, 6) is -3.56. The van der Waals surface area contributed by atoms with Crippen molar-refractivity contribution in [3.8, 4) is 0 Å². The van der Waals surface area contributed by atoms with Crippen LogP contribution in [0.15, 0.2) is 48.5 Å². The summed E-state index contributed by atoms with van der Waals surface area (Å²) in [7, 11) is 0. The number of fused-ring (bicyclic) bond motifs is 8. The van der Waals surface area contributed by atoms with E-state index in [2.05, 4.69) is 9.97 Å². The molecule has 3 aromatic heterocycles. The van der Waals surface area contributed by atoms with Crippen molar-refractivity contribution in [1.29, 1.82) is 0 Å². The van der Waals surface area contributed by atoms with Gasteiger partial charge in [0.1, 0.15) is 0 Å². The summed E-state index contributed by atoms with van der Waals surface area (Å²) in [5, 5.41) is 0. The summed E-state index contributed by atoms with van der Waals surface area (Å²) in [6.45, 7) is 10.0. The van der Waals surface area contributed by atoms with Crippen molar-refractivity contribution in [3.05, 3.63) is 71.3 Å². The molecule has 0 saturated carbocycles. The van der Waals surface area contributed by atoms with Gasteiger partial charge in [-0.3, -0.25) is 19.2 Å². The molecule has 0 spiro atoms. The first-order chi connectivity index (χ1) is 25.1. The number of carbonyl (C=O) groups excluding carboxylic acids is 4. The number of carbonyl (C=O) groups is 4. The standard InChI is InChI=1S/C40H46N4O8/c1-7-19-39(35(45)49-9-3,36(46)50-10-4)33-31-23-29-17-15-27(42-29)21-25-13-14-26(41-25)22-28-16-18-30(43-28)24-32(44-31)34(33)40(20-8-2,37(47)51-11-5)38(48)52-12-6/h13-18,21-24,41-42H,7-12,19-20H2,1-6H3. The Balaban J connectivity index is 2.09. The minimum Gasteiger partial charge on any atom is -0.465 e. The van der Waals surface area contributed by atoms with Crippen molar-refractivity contribution >= 4 is 69.2 Å². The first-order valence-corrected chi connectivity index (χ1v) is 17.9. The highest BCUT2D eigenvalue weighted by Gasteiger charge is 2.61. The predicted octanol–water partition coefficient (Wildman–Crippen LogP) is 7.22. The third-order valence-electron chi connectivity index (χ3n) is 8.94. The van der Waals surface area contributed by atoms with Crippen molar-refractivity contribution < 1.29 is 38.1 Å². The van der Waals surface area contributed by atoms with E-state index < -0.39 is 34.7 Å². The Hall–Kier alpha value is -5.52. The number of rotatable bonds is 14. The van der Waals surface area contributed by atoms with E-state index in [9.17, 15) is 19.2 Å². The van der Waals surface area contributed by atoms with Gasteiger partial charge in [-0.2, -0.15) is 0 Å². The van der Waals surface area contributed by atoms with Crippen LogP contribution in [0.4, 0.5) is 0 Å². The Kier molecular flexibility index (Phi) is 11.8. The maximum Gasteiger partial charge on any atom is 0.328 e. The first-order valence-electron chi connectivity index (χ1n) is 17.9. The van der Waals surface area contributed by atoms with Gasteiger partial charge in [0, 0.05) is 33.2 Å². The molecule has 274 valence electrons. The number of nitrogens with one attached hydrogen (secondary N) is 2. The zero-order valence-electron chi connectivity index (χ0n) is 30.6. The average Bonchev–Trinajstić information content (AvgIpc) is 3.92. The van der Waals surface area contributed by atoms with Crippen LogP contribution in [0.1, 0.15) is 90.0 Å². The molecule has 3 aromatic rings. The smallest absolute Gasteiger partial charge is 0.328 e. The molecule has 2 aliphatic rings. The summed E-state index contributed by atoms with van der Waals surface area (Å²) in [4.78, 5) is 74.7. The van der Waals surface area contributed by atoms with Crippen LogP contribution in [-0.2, 0) is 38.1 Å². The summed E-state index contributed by atoms with van der Waals surface area (Å²) >= 11 is 0. The van der Waals surface area contributed by atoms with Crippen LogP contribution >= 0.6 is 0 Å². The monoisotopic (exact) mass is 710 g/mol. The predicted molar refractivity (Wildman–Crippen MR) is 198 cm³/mol. The van der Waals surface area contributed by atoms with E-state index in [0.717, 1.165) is 16.6 Å². The fourth-order valence-electron chi connectivity index (χ4n) is 6.94. The van der Waals surface area contributed by atoms with Crippen molar-refractivity contribution in [3.63, 3.8) is 0 Å². The van der Waals surface area contributed by atoms with Gasteiger partial charge in [0.25, 0.3) is 0 Å². The molecule has 0 fully saturated rings. The van der Waals surface area contributed by atoms with E-state index in [4.69, 9.17) is 28.9 Å². The number of H-pyrrole nitrogens is 2. The number of esters is 4. The van der Waals surface area contributed by atoms with Crippen LogP contribution in [0.5, 0.6) is 0 Å². The Bertz CT molecular complexity index is 2040. The topological polar surface area (TPSA) is 163 Å². The van der Waals surface area contributed by atoms with Crippen molar-refractivity contribution in [1.82, 2.24) is 19.9 Å². The SMILES string of the molecule is CCCC(C(=O)OCC)(C(=O)OCC)C1=C(C(CCC)(C(=O)OCC)C(=O)OCC)c2cc3ccc(cc4ccc(cc5nc(cc1n2)C=C5)[nH]4)[nH]3. The average molecular weight is 711 g/mol. The molecule has 0 aromatic carbocycles. The van der Waals surface area contributed by atoms with E-state index in [1.54, 1.807) is 45.9 Å². The van der Waals surface area contributed by atoms with Crippen molar-refractivity contribution in [2.75, 3.05) is 26.4 Å². The lowest BCUT2D eigenvalue weighted by molar-refractivity contribution is -0.170. The normalized spacial score (nSPS) is 12.8. The maximum atomic E-state index is 14.5. The molecule has 0 amide bonds. The second kappa shape index (κ2) is 16.2. The zero-order chi connectivity index (χ0) is 37.5. The van der Waals surface area contributed by atoms with Gasteiger partial charge in [-0.05, 0) is 101 Å². The number of aromatic amines is 2. The lowest BCUT2D eigenvalue weighted by Gasteiger charge is -2.36. The van der Waals surface area contributed by atoms with Crippen molar-refractivity contribution in [2.45, 2.75) is 67.2 Å². The van der Waals surface area contributed by atoms with Crippen LogP contribution in [0, 0.1) is 10.8 Å². The second-order valence-electron chi connectivity index (χ2n) is 12.4. The number of aromatic nitrogens is 4. The largest absolute Gasteiger partial charge is 0.465 e. The Morgan fingerprint density at radius 2 is 0.885 bits per heavy atom. The number of nitrogens with zero attached hydrogens (tertiary/aromatic N) is 2. The van der Waals surface area contributed by atoms with Crippen LogP contribution in [0.2, 0.25) is 0 Å². The zero-order valence-corrected chi connectivity index (χ0v) is 30.6. The van der Waals surface area contributed by atoms with Crippen molar-refractivity contribution in [2.24, 2.45) is 10.8 Å². The van der Waals surface area contributed by atoms with E-state index in [-0.39, 0.29) is 61.8 Å². The molecule has 12 heteroatoms. The highest BCUT2D eigenvalue weighted by atomic mass is 16.6. The van der Waals surface area contributed by atoms with Gasteiger partial charge in [-0.15, -0.1) is 0 Å². The van der Waals surface area contributed by atoms with Gasteiger partial charge in [0.2, 0.25) is 0 Å². The lowest BCUT2D eigenvalue weighted by atomic mass is 9.65. The van der Waals surface area contributed by atoms with Gasteiger partial charge in [-0.1, -0.05) is 26.7 Å². The Morgan fingerprint density at radius 1 is 0.519 bits per heavy atom. The molecule has 0 radical (unpaired) electrons. The lowest BCUT2D eigenvalue weighted by Crippen LogP contribution is -2.47. The minimum absolute atomic E-state index is 0.0110. The highest BCUT2D eigenvalue weighted by Crippen LogP contribution is 2.55. The molecule has 0 atom stereocenters. The van der Waals surface area contributed by atoms with Crippen LogP contribution in [-0.4, -0.2) is 70.2 Å². The van der Waals surface area contributed by atoms with Gasteiger partial charge < -0.3 is 28.9 Å². The Morgan fingerprint density at radius 3 is 1.29 bits per heavy atom. The van der Waals surface area contributed by atoms with Crippen LogP contribution in [0.25, 0.3) is 45.4 Å². The second-order valence-corrected chi connectivity index (χ2v) is 12.4. The number of hydrogen-bond acceptors (Lipinski definition) is 10. The van der Waals surface area contributed by atoms with Crippen LogP contribution in [0.3, 0.4) is 0 Å². The highest BCUT2D eigenvalue weighted by molar-refractivity contribution is 6.24. The number of ether oxygens (including phenoxy) is 4. The summed E-state index contributed by atoms with van der Waals surface area (Å²) in [6, 6.07) is 14.8. The molecule has 52 heavy (non-hydrogen) atoms. The minimum atomic E-state index is -2.15. The summed E-state index contributed by atoms with van der Waals surface area (Å²) < 4.78 is 22.7. The first kappa shape index (κ1) is 37.7. The van der Waals surface area contributed by atoms with E-state index in [0.29, 0.717) is 29.7 Å². The molecular weight excluding hydrogens is 664 g/mol.